The third-order valence-corrected chi connectivity index (χ3v) is 1.85. The van der Waals surface area contributed by atoms with Crippen molar-refractivity contribution in [1.29, 1.82) is 0 Å². The van der Waals surface area contributed by atoms with Gasteiger partial charge in [-0.2, -0.15) is 0 Å². The summed E-state index contributed by atoms with van der Waals surface area (Å²) in [6.45, 7) is 1.92. The van der Waals surface area contributed by atoms with Crippen molar-refractivity contribution < 1.29 is 13.9 Å². The molecule has 1 aromatic rings. The van der Waals surface area contributed by atoms with E-state index in [0.29, 0.717) is 0 Å². The van der Waals surface area contributed by atoms with E-state index in [2.05, 4.69) is 4.74 Å². The molecule has 70 valence electrons. The lowest BCUT2D eigenvalue weighted by atomic mass is 10.1. The molecule has 0 aromatic heterocycles. The predicted octanol–water partition coefficient (Wildman–Crippen LogP) is 2.17. The molecule has 0 aliphatic carbocycles. The third kappa shape index (κ3) is 2.05. The van der Waals surface area contributed by atoms with Crippen LogP contribution in [0.4, 0.5) is 4.39 Å². The molecule has 0 spiro atoms. The minimum Gasteiger partial charge on any atom is -0.465 e. The first-order valence-corrected chi connectivity index (χ1v) is 4.05. The van der Waals surface area contributed by atoms with E-state index < -0.39 is 11.8 Å². The van der Waals surface area contributed by atoms with Crippen LogP contribution in [-0.2, 0) is 11.2 Å². The van der Waals surface area contributed by atoms with Crippen LogP contribution in [-0.4, -0.2) is 13.1 Å². The van der Waals surface area contributed by atoms with Crippen molar-refractivity contribution in [3.05, 3.63) is 35.1 Å². The molecular weight excluding hydrogens is 171 g/mol. The van der Waals surface area contributed by atoms with E-state index in [1.54, 1.807) is 6.07 Å². The van der Waals surface area contributed by atoms with Crippen molar-refractivity contribution in [2.75, 3.05) is 7.11 Å². The number of aryl methyl sites for hydroxylation is 1. The van der Waals surface area contributed by atoms with Crippen molar-refractivity contribution in [3.8, 4) is 0 Å². The molecule has 1 rings (SSSR count). The number of ether oxygens (including phenoxy) is 1. The van der Waals surface area contributed by atoms with Crippen molar-refractivity contribution in [3.63, 3.8) is 0 Å². The largest absolute Gasteiger partial charge is 0.465 e. The van der Waals surface area contributed by atoms with Crippen molar-refractivity contribution >= 4 is 5.97 Å². The Kier molecular flexibility index (Phi) is 3.01. The second-order valence-electron chi connectivity index (χ2n) is 2.66. The summed E-state index contributed by atoms with van der Waals surface area (Å²) in [5.41, 5.74) is 0.852. The number of esters is 1. The van der Waals surface area contributed by atoms with Gasteiger partial charge in [-0.25, -0.2) is 9.18 Å². The Balaban J connectivity index is 3.05. The second kappa shape index (κ2) is 4.03. The average molecular weight is 182 g/mol. The topological polar surface area (TPSA) is 26.3 Å². The first kappa shape index (κ1) is 9.71. The molecule has 0 saturated carbocycles. The highest BCUT2D eigenvalue weighted by atomic mass is 19.1. The second-order valence-corrected chi connectivity index (χ2v) is 2.66. The summed E-state index contributed by atoms with van der Waals surface area (Å²) in [6.07, 6.45) is 0.748. The fourth-order valence-corrected chi connectivity index (χ4v) is 1.05. The minimum atomic E-state index is -0.639. The number of methoxy groups -OCH3 is 1. The quantitative estimate of drug-likeness (QED) is 0.655. The van der Waals surface area contributed by atoms with E-state index >= 15 is 0 Å². The Morgan fingerprint density at radius 2 is 2.23 bits per heavy atom. The highest BCUT2D eigenvalue weighted by molar-refractivity contribution is 5.89. The van der Waals surface area contributed by atoms with Gasteiger partial charge in [0.1, 0.15) is 5.82 Å². The molecule has 0 bridgehead atoms. The molecule has 0 unspecified atom stereocenters. The molecule has 0 heterocycles. The van der Waals surface area contributed by atoms with Gasteiger partial charge in [-0.05, 0) is 24.1 Å². The number of benzene rings is 1. The first-order chi connectivity index (χ1) is 6.19. The average Bonchev–Trinajstić information content (AvgIpc) is 2.16. The van der Waals surface area contributed by atoms with E-state index in [0.717, 1.165) is 12.0 Å². The summed E-state index contributed by atoms with van der Waals surface area (Å²) in [5.74, 6) is -1.16. The summed E-state index contributed by atoms with van der Waals surface area (Å²) in [5, 5.41) is 0. The maximum atomic E-state index is 13.2. The maximum absolute atomic E-state index is 13.2. The number of hydrogen-bond donors (Lipinski definition) is 0. The molecule has 0 aliphatic heterocycles. The molecule has 0 atom stereocenters. The van der Waals surface area contributed by atoms with Crippen LogP contribution < -0.4 is 0 Å². The Labute approximate surface area is 76.3 Å². The number of carbonyl (C=O) groups is 1. The number of halogens is 1. The van der Waals surface area contributed by atoms with E-state index in [1.165, 1.54) is 19.2 Å². The standard InChI is InChI=1S/C10H11FO2/c1-3-7-4-5-8(9(11)6-7)10(12)13-2/h4-6H,3H2,1-2H3. The fourth-order valence-electron chi connectivity index (χ4n) is 1.05. The van der Waals surface area contributed by atoms with Gasteiger partial charge in [0.2, 0.25) is 0 Å². The van der Waals surface area contributed by atoms with Gasteiger partial charge in [0, 0.05) is 0 Å². The number of carbonyl (C=O) groups excluding carboxylic acids is 1. The summed E-state index contributed by atoms with van der Waals surface area (Å²) in [6, 6.07) is 4.52. The molecule has 3 heteroatoms. The Morgan fingerprint density at radius 3 is 2.69 bits per heavy atom. The normalized spacial score (nSPS) is 9.77. The van der Waals surface area contributed by atoms with E-state index in [4.69, 9.17) is 0 Å². The van der Waals surface area contributed by atoms with Gasteiger partial charge in [-0.3, -0.25) is 0 Å². The maximum Gasteiger partial charge on any atom is 0.340 e. The van der Waals surface area contributed by atoms with Gasteiger partial charge in [-0.1, -0.05) is 13.0 Å². The van der Waals surface area contributed by atoms with Gasteiger partial charge >= 0.3 is 5.97 Å². The van der Waals surface area contributed by atoms with Crippen LogP contribution >= 0.6 is 0 Å². The third-order valence-electron chi connectivity index (χ3n) is 1.85. The van der Waals surface area contributed by atoms with Gasteiger partial charge in [0.15, 0.2) is 0 Å². The zero-order valence-corrected chi connectivity index (χ0v) is 7.63. The lowest BCUT2D eigenvalue weighted by Gasteiger charge is -2.02. The van der Waals surface area contributed by atoms with Gasteiger partial charge in [0.25, 0.3) is 0 Å². The molecule has 13 heavy (non-hydrogen) atoms. The molecule has 0 saturated heterocycles. The Bertz CT molecular complexity index is 321. The van der Waals surface area contributed by atoms with Crippen molar-refractivity contribution in [2.45, 2.75) is 13.3 Å². The van der Waals surface area contributed by atoms with Crippen LogP contribution in [0.25, 0.3) is 0 Å². The molecule has 0 N–H and O–H groups in total. The highest BCUT2D eigenvalue weighted by Crippen LogP contribution is 2.11. The summed E-state index contributed by atoms with van der Waals surface area (Å²) in [7, 11) is 1.23. The van der Waals surface area contributed by atoms with Gasteiger partial charge < -0.3 is 4.74 Å². The Hall–Kier alpha value is -1.38. The van der Waals surface area contributed by atoms with Gasteiger partial charge in [0.05, 0.1) is 12.7 Å². The molecule has 0 fully saturated rings. The van der Waals surface area contributed by atoms with E-state index in [-0.39, 0.29) is 5.56 Å². The van der Waals surface area contributed by atoms with Crippen LogP contribution in [0, 0.1) is 5.82 Å². The molecule has 1 aromatic carbocycles. The molecule has 2 nitrogen and oxygen atoms in total. The van der Waals surface area contributed by atoms with Crippen LogP contribution in [0.3, 0.4) is 0 Å². The molecule has 0 amide bonds. The fraction of sp³-hybridized carbons (Fsp3) is 0.300. The lowest BCUT2D eigenvalue weighted by molar-refractivity contribution is 0.0595. The molecule has 0 aliphatic rings. The summed E-state index contributed by atoms with van der Waals surface area (Å²) < 4.78 is 17.6. The van der Waals surface area contributed by atoms with Crippen molar-refractivity contribution in [1.82, 2.24) is 0 Å². The first-order valence-electron chi connectivity index (χ1n) is 4.05. The SMILES string of the molecule is CCc1ccc(C(=O)OC)c(F)c1. The van der Waals surface area contributed by atoms with Crippen LogP contribution in [0.1, 0.15) is 22.8 Å². The molecule has 0 radical (unpaired) electrons. The van der Waals surface area contributed by atoms with Crippen LogP contribution in [0.5, 0.6) is 0 Å². The van der Waals surface area contributed by atoms with Crippen molar-refractivity contribution in [2.24, 2.45) is 0 Å². The zero-order valence-electron chi connectivity index (χ0n) is 7.63. The number of hydrogen-bond acceptors (Lipinski definition) is 2. The van der Waals surface area contributed by atoms with E-state index in [9.17, 15) is 9.18 Å². The predicted molar refractivity (Wildman–Crippen MR) is 47.1 cm³/mol. The molecular formula is C10H11FO2. The smallest absolute Gasteiger partial charge is 0.340 e. The van der Waals surface area contributed by atoms with Crippen LogP contribution in [0.15, 0.2) is 18.2 Å². The zero-order chi connectivity index (χ0) is 9.84. The van der Waals surface area contributed by atoms with E-state index in [1.807, 2.05) is 6.92 Å². The summed E-state index contributed by atoms with van der Waals surface area (Å²) in [4.78, 5) is 11.0. The van der Waals surface area contributed by atoms with Gasteiger partial charge in [-0.15, -0.1) is 0 Å². The number of rotatable bonds is 2. The lowest BCUT2D eigenvalue weighted by Crippen LogP contribution is -2.04. The minimum absolute atomic E-state index is 0.0142. The highest BCUT2D eigenvalue weighted by Gasteiger charge is 2.11. The van der Waals surface area contributed by atoms with Crippen LogP contribution in [0.2, 0.25) is 0 Å². The monoisotopic (exact) mass is 182 g/mol. The summed E-state index contributed by atoms with van der Waals surface area (Å²) >= 11 is 0. The Morgan fingerprint density at radius 1 is 1.54 bits per heavy atom.